The molecule has 1 heterocycles. The maximum atomic E-state index is 12.4. The van der Waals surface area contributed by atoms with E-state index in [1.54, 1.807) is 0 Å². The second-order valence-corrected chi connectivity index (χ2v) is 8.23. The van der Waals surface area contributed by atoms with E-state index in [2.05, 4.69) is 64.0 Å². The van der Waals surface area contributed by atoms with Gasteiger partial charge in [0.15, 0.2) is 0 Å². The number of carbonyl (C=O) groups is 1. The third-order valence-electron chi connectivity index (χ3n) is 4.87. The van der Waals surface area contributed by atoms with E-state index in [1.165, 1.54) is 18.5 Å². The lowest BCUT2D eigenvalue weighted by molar-refractivity contribution is 0.0940. The van der Waals surface area contributed by atoms with Crippen LogP contribution in [-0.2, 0) is 0 Å². The van der Waals surface area contributed by atoms with Crippen molar-refractivity contribution in [3.05, 3.63) is 63.2 Å². The molecule has 2 aromatic carbocycles. The molecular weight excluding hydrogens is 423 g/mol. The van der Waals surface area contributed by atoms with Crippen LogP contribution in [0.1, 0.15) is 48.7 Å². The lowest BCUT2D eigenvalue weighted by Gasteiger charge is -2.33. The summed E-state index contributed by atoms with van der Waals surface area (Å²) < 4.78 is 1.13. The summed E-state index contributed by atoms with van der Waals surface area (Å²) in [7, 11) is 0. The van der Waals surface area contributed by atoms with E-state index in [9.17, 15) is 4.79 Å². The Labute approximate surface area is 164 Å². The van der Waals surface area contributed by atoms with Gasteiger partial charge in [0.1, 0.15) is 0 Å². The predicted octanol–water partition coefficient (Wildman–Crippen LogP) is 5.02. The summed E-state index contributed by atoms with van der Waals surface area (Å²) >= 11 is 2.24. The number of anilines is 1. The number of rotatable bonds is 4. The first-order valence-electron chi connectivity index (χ1n) is 8.94. The molecule has 132 valence electrons. The number of amides is 1. The Morgan fingerprint density at radius 2 is 1.84 bits per heavy atom. The van der Waals surface area contributed by atoms with Crippen LogP contribution < -0.4 is 10.2 Å². The topological polar surface area (TPSA) is 32.3 Å². The average molecular weight is 448 g/mol. The van der Waals surface area contributed by atoms with Crippen molar-refractivity contribution < 1.29 is 4.79 Å². The van der Waals surface area contributed by atoms with Crippen LogP contribution in [0.5, 0.6) is 0 Å². The van der Waals surface area contributed by atoms with Crippen LogP contribution in [0.25, 0.3) is 0 Å². The Bertz CT molecular complexity index is 712. The molecule has 0 saturated carbocycles. The summed E-state index contributed by atoms with van der Waals surface area (Å²) in [5.41, 5.74) is 3.12. The Hall–Kier alpha value is -1.56. The molecule has 1 aliphatic heterocycles. The van der Waals surface area contributed by atoms with E-state index >= 15 is 0 Å². The van der Waals surface area contributed by atoms with Crippen LogP contribution in [0.2, 0.25) is 0 Å². The molecule has 1 aliphatic rings. The first kappa shape index (κ1) is 18.2. The highest BCUT2D eigenvalue weighted by Gasteiger charge is 2.17. The molecule has 0 aliphatic carbocycles. The summed E-state index contributed by atoms with van der Waals surface area (Å²) in [4.78, 5) is 14.8. The number of nitrogens with one attached hydrogen (secondary N) is 1. The maximum Gasteiger partial charge on any atom is 0.251 e. The van der Waals surface area contributed by atoms with Crippen molar-refractivity contribution in [1.82, 2.24) is 5.32 Å². The number of hydrogen-bond acceptors (Lipinski definition) is 2. The van der Waals surface area contributed by atoms with E-state index < -0.39 is 0 Å². The van der Waals surface area contributed by atoms with Crippen LogP contribution in [-0.4, -0.2) is 19.0 Å². The standard InChI is InChI=1S/C21H25IN2O/c1-15-4-3-13-24(14-15)20-11-7-17(8-12-20)16(2)23-21(25)18-5-9-19(22)10-6-18/h5-12,15-16H,3-4,13-14H2,1-2H3,(H,23,25)/t15-,16+/m0/s1. The molecule has 4 heteroatoms. The van der Waals surface area contributed by atoms with Crippen LogP contribution in [0, 0.1) is 9.49 Å². The number of halogens is 1. The minimum atomic E-state index is -0.0298. The maximum absolute atomic E-state index is 12.4. The molecule has 0 aromatic heterocycles. The quantitative estimate of drug-likeness (QED) is 0.667. The molecule has 1 amide bonds. The van der Waals surface area contributed by atoms with Gasteiger partial charge in [-0.15, -0.1) is 0 Å². The lowest BCUT2D eigenvalue weighted by atomic mass is 9.99. The van der Waals surface area contributed by atoms with Gasteiger partial charge < -0.3 is 10.2 Å². The van der Waals surface area contributed by atoms with E-state index in [-0.39, 0.29) is 11.9 Å². The highest BCUT2D eigenvalue weighted by atomic mass is 127. The van der Waals surface area contributed by atoms with E-state index in [0.717, 1.165) is 28.1 Å². The van der Waals surface area contributed by atoms with Crippen LogP contribution >= 0.6 is 22.6 Å². The summed E-state index contributed by atoms with van der Waals surface area (Å²) in [6, 6.07) is 16.3. The SMILES string of the molecule is C[C@H]1CCCN(c2ccc([C@@H](C)NC(=O)c3ccc(I)cc3)cc2)C1. The van der Waals surface area contributed by atoms with Gasteiger partial charge in [0.05, 0.1) is 6.04 Å². The zero-order valence-electron chi connectivity index (χ0n) is 14.8. The molecule has 25 heavy (non-hydrogen) atoms. The summed E-state index contributed by atoms with van der Waals surface area (Å²) in [5, 5.41) is 3.08. The van der Waals surface area contributed by atoms with Crippen molar-refractivity contribution in [2.75, 3.05) is 18.0 Å². The fourth-order valence-corrected chi connectivity index (χ4v) is 3.72. The van der Waals surface area contributed by atoms with Crippen LogP contribution in [0.15, 0.2) is 48.5 Å². The van der Waals surface area contributed by atoms with Gasteiger partial charge in [0.2, 0.25) is 0 Å². The number of carbonyl (C=O) groups excluding carboxylic acids is 1. The first-order valence-corrected chi connectivity index (χ1v) is 10.0. The zero-order chi connectivity index (χ0) is 17.8. The van der Waals surface area contributed by atoms with Crippen molar-refractivity contribution in [2.45, 2.75) is 32.7 Å². The van der Waals surface area contributed by atoms with Crippen molar-refractivity contribution in [3.63, 3.8) is 0 Å². The van der Waals surface area contributed by atoms with Gasteiger partial charge >= 0.3 is 0 Å². The van der Waals surface area contributed by atoms with Gasteiger partial charge in [0.25, 0.3) is 5.91 Å². The third kappa shape index (κ3) is 4.75. The van der Waals surface area contributed by atoms with Crippen LogP contribution in [0.4, 0.5) is 5.69 Å². The number of hydrogen-bond donors (Lipinski definition) is 1. The second kappa shape index (κ2) is 8.21. The third-order valence-corrected chi connectivity index (χ3v) is 5.59. The molecule has 0 unspecified atom stereocenters. The summed E-state index contributed by atoms with van der Waals surface area (Å²) in [6.07, 6.45) is 2.60. The van der Waals surface area contributed by atoms with E-state index in [4.69, 9.17) is 0 Å². The van der Waals surface area contributed by atoms with E-state index in [1.807, 2.05) is 31.2 Å². The Kier molecular flexibility index (Phi) is 5.99. The molecule has 2 atom stereocenters. The highest BCUT2D eigenvalue weighted by molar-refractivity contribution is 14.1. The molecule has 2 aromatic rings. The summed E-state index contributed by atoms with van der Waals surface area (Å²) in [6.45, 7) is 6.63. The molecular formula is C21H25IN2O. The second-order valence-electron chi connectivity index (χ2n) is 6.99. The van der Waals surface area contributed by atoms with E-state index in [0.29, 0.717) is 5.56 Å². The smallest absolute Gasteiger partial charge is 0.251 e. The highest BCUT2D eigenvalue weighted by Crippen LogP contribution is 2.24. The van der Waals surface area contributed by atoms with Gasteiger partial charge in [-0.2, -0.15) is 0 Å². The molecule has 3 nitrogen and oxygen atoms in total. The van der Waals surface area contributed by atoms with Crippen molar-refractivity contribution in [2.24, 2.45) is 5.92 Å². The van der Waals surface area contributed by atoms with Gasteiger partial charge in [-0.1, -0.05) is 19.1 Å². The molecule has 0 spiro atoms. The molecule has 3 rings (SSSR count). The molecule has 1 fully saturated rings. The minimum absolute atomic E-state index is 0.0129. The van der Waals surface area contributed by atoms with Crippen molar-refractivity contribution in [1.29, 1.82) is 0 Å². The minimum Gasteiger partial charge on any atom is -0.371 e. The Morgan fingerprint density at radius 3 is 2.48 bits per heavy atom. The fourth-order valence-electron chi connectivity index (χ4n) is 3.36. The zero-order valence-corrected chi connectivity index (χ0v) is 17.0. The van der Waals surface area contributed by atoms with Crippen molar-refractivity contribution >= 4 is 34.2 Å². The van der Waals surface area contributed by atoms with Crippen LogP contribution in [0.3, 0.4) is 0 Å². The van der Waals surface area contributed by atoms with Crippen molar-refractivity contribution in [3.8, 4) is 0 Å². The lowest BCUT2D eigenvalue weighted by Crippen LogP contribution is -2.34. The Morgan fingerprint density at radius 1 is 1.16 bits per heavy atom. The number of benzene rings is 2. The monoisotopic (exact) mass is 448 g/mol. The predicted molar refractivity (Wildman–Crippen MR) is 112 cm³/mol. The molecule has 1 saturated heterocycles. The molecule has 0 radical (unpaired) electrons. The Balaban J connectivity index is 1.63. The average Bonchev–Trinajstić information content (AvgIpc) is 2.62. The van der Waals surface area contributed by atoms with Gasteiger partial charge in [0, 0.05) is 27.9 Å². The number of piperidine rings is 1. The van der Waals surface area contributed by atoms with Gasteiger partial charge in [-0.05, 0) is 90.2 Å². The largest absolute Gasteiger partial charge is 0.371 e. The normalized spacial score (nSPS) is 18.7. The van der Waals surface area contributed by atoms with Gasteiger partial charge in [-0.3, -0.25) is 4.79 Å². The van der Waals surface area contributed by atoms with Gasteiger partial charge in [-0.25, -0.2) is 0 Å². The fraction of sp³-hybridized carbons (Fsp3) is 0.381. The number of nitrogens with zero attached hydrogens (tertiary/aromatic N) is 1. The molecule has 1 N–H and O–H groups in total. The first-order chi connectivity index (χ1) is 12.0. The summed E-state index contributed by atoms with van der Waals surface area (Å²) in [5.74, 6) is 0.735. The molecule has 0 bridgehead atoms.